The second kappa shape index (κ2) is 2.69. The third-order valence-electron chi connectivity index (χ3n) is 1.21. The molecule has 0 saturated heterocycles. The Morgan fingerprint density at radius 3 is 2.90 bits per heavy atom. The fraction of sp³-hybridized carbons (Fsp3) is 0.167. The number of pyridine rings is 1. The molecular formula is C6H8BFN2. The SMILES string of the molecule is Bc1cnc(NC)c(F)c1. The average Bonchev–Trinajstić information content (AvgIpc) is 1.88. The summed E-state index contributed by atoms with van der Waals surface area (Å²) in [6, 6.07) is 1.44. The fourth-order valence-corrected chi connectivity index (χ4v) is 0.718. The topological polar surface area (TPSA) is 24.9 Å². The maximum atomic E-state index is 12.7. The molecule has 2 nitrogen and oxygen atoms in total. The normalized spacial score (nSPS) is 9.40. The minimum atomic E-state index is -0.303. The van der Waals surface area contributed by atoms with Crippen LogP contribution in [0, 0.1) is 5.82 Å². The van der Waals surface area contributed by atoms with Gasteiger partial charge in [0.05, 0.1) is 0 Å². The number of anilines is 1. The van der Waals surface area contributed by atoms with Gasteiger partial charge in [0, 0.05) is 13.2 Å². The Balaban J connectivity index is 3.07. The van der Waals surface area contributed by atoms with Gasteiger partial charge in [-0.3, -0.25) is 0 Å². The summed E-state index contributed by atoms with van der Waals surface area (Å²) >= 11 is 0. The van der Waals surface area contributed by atoms with Crippen LogP contribution in [0.25, 0.3) is 0 Å². The molecule has 0 aromatic carbocycles. The van der Waals surface area contributed by atoms with Gasteiger partial charge in [0.15, 0.2) is 11.6 Å². The zero-order valence-corrected chi connectivity index (χ0v) is 5.98. The molecule has 4 heteroatoms. The van der Waals surface area contributed by atoms with Crippen LogP contribution in [-0.2, 0) is 0 Å². The number of rotatable bonds is 1. The van der Waals surface area contributed by atoms with Crippen molar-refractivity contribution in [1.29, 1.82) is 0 Å². The Kier molecular flexibility index (Phi) is 1.90. The van der Waals surface area contributed by atoms with Gasteiger partial charge in [0.1, 0.15) is 7.85 Å². The van der Waals surface area contributed by atoms with Crippen LogP contribution >= 0.6 is 0 Å². The van der Waals surface area contributed by atoms with Crippen molar-refractivity contribution in [2.24, 2.45) is 0 Å². The van der Waals surface area contributed by atoms with Gasteiger partial charge in [-0.15, -0.1) is 0 Å². The van der Waals surface area contributed by atoms with E-state index in [0.29, 0.717) is 5.82 Å². The van der Waals surface area contributed by atoms with E-state index < -0.39 is 0 Å². The van der Waals surface area contributed by atoms with E-state index in [1.807, 2.05) is 0 Å². The zero-order chi connectivity index (χ0) is 7.56. The molecule has 1 aromatic rings. The fourth-order valence-electron chi connectivity index (χ4n) is 0.718. The van der Waals surface area contributed by atoms with E-state index in [1.165, 1.54) is 6.07 Å². The van der Waals surface area contributed by atoms with Crippen molar-refractivity contribution in [3.8, 4) is 0 Å². The minimum absolute atomic E-state index is 0.297. The van der Waals surface area contributed by atoms with Crippen molar-refractivity contribution in [2.45, 2.75) is 0 Å². The first-order valence-corrected chi connectivity index (χ1v) is 3.04. The molecule has 0 unspecified atom stereocenters. The second-order valence-corrected chi connectivity index (χ2v) is 2.09. The van der Waals surface area contributed by atoms with E-state index in [4.69, 9.17) is 0 Å². The summed E-state index contributed by atoms with van der Waals surface area (Å²) in [5.41, 5.74) is 0.830. The Morgan fingerprint density at radius 2 is 2.40 bits per heavy atom. The molecule has 1 aromatic heterocycles. The highest BCUT2D eigenvalue weighted by molar-refractivity contribution is 6.32. The Hall–Kier alpha value is -1.06. The molecule has 0 aliphatic carbocycles. The lowest BCUT2D eigenvalue weighted by Gasteiger charge is -1.99. The lowest BCUT2D eigenvalue weighted by molar-refractivity contribution is 0.627. The summed E-state index contributed by atoms with van der Waals surface area (Å²) in [6.07, 6.45) is 1.62. The summed E-state index contributed by atoms with van der Waals surface area (Å²) < 4.78 is 12.7. The maximum Gasteiger partial charge on any atom is 0.164 e. The highest BCUT2D eigenvalue weighted by Gasteiger charge is 1.98. The van der Waals surface area contributed by atoms with Crippen LogP contribution in [0.5, 0.6) is 0 Å². The summed E-state index contributed by atoms with van der Waals surface area (Å²) in [6.45, 7) is 0. The molecule has 0 fully saturated rings. The smallest absolute Gasteiger partial charge is 0.164 e. The van der Waals surface area contributed by atoms with Crippen molar-refractivity contribution in [2.75, 3.05) is 12.4 Å². The van der Waals surface area contributed by atoms with Crippen molar-refractivity contribution in [1.82, 2.24) is 4.98 Å². The molecule has 0 atom stereocenters. The molecule has 10 heavy (non-hydrogen) atoms. The predicted molar refractivity (Wildman–Crippen MR) is 41.9 cm³/mol. The summed E-state index contributed by atoms with van der Waals surface area (Å²) in [5, 5.41) is 2.64. The largest absolute Gasteiger partial charge is 0.371 e. The first kappa shape index (κ1) is 7.06. The average molecular weight is 138 g/mol. The number of halogens is 1. The first-order valence-electron chi connectivity index (χ1n) is 3.04. The quantitative estimate of drug-likeness (QED) is 0.530. The molecule has 1 N–H and O–H groups in total. The van der Waals surface area contributed by atoms with E-state index in [9.17, 15) is 4.39 Å². The molecule has 0 bridgehead atoms. The van der Waals surface area contributed by atoms with E-state index in [-0.39, 0.29) is 5.82 Å². The lowest BCUT2D eigenvalue weighted by Crippen LogP contribution is -2.07. The third kappa shape index (κ3) is 1.26. The number of hydrogen-bond acceptors (Lipinski definition) is 2. The number of nitrogens with zero attached hydrogens (tertiary/aromatic N) is 1. The van der Waals surface area contributed by atoms with E-state index >= 15 is 0 Å². The van der Waals surface area contributed by atoms with E-state index in [2.05, 4.69) is 10.3 Å². The van der Waals surface area contributed by atoms with E-state index in [1.54, 1.807) is 21.1 Å². The van der Waals surface area contributed by atoms with Crippen molar-refractivity contribution in [3.63, 3.8) is 0 Å². The monoisotopic (exact) mass is 138 g/mol. The van der Waals surface area contributed by atoms with Gasteiger partial charge >= 0.3 is 0 Å². The Labute approximate surface area is 59.9 Å². The van der Waals surface area contributed by atoms with Gasteiger partial charge in [0.2, 0.25) is 0 Å². The van der Waals surface area contributed by atoms with Crippen LogP contribution < -0.4 is 10.8 Å². The standard InChI is InChI=1S/C6H8BFN2/c1-9-6-5(8)2-4(7)3-10-6/h2-3H,7H2,1H3,(H,9,10). The molecule has 0 amide bonds. The molecule has 0 saturated carbocycles. The van der Waals surface area contributed by atoms with Crippen LogP contribution in [-0.4, -0.2) is 19.9 Å². The van der Waals surface area contributed by atoms with Gasteiger partial charge < -0.3 is 5.32 Å². The maximum absolute atomic E-state index is 12.7. The van der Waals surface area contributed by atoms with Crippen LogP contribution in [0.15, 0.2) is 12.3 Å². The van der Waals surface area contributed by atoms with Gasteiger partial charge in [-0.2, -0.15) is 0 Å². The van der Waals surface area contributed by atoms with Crippen LogP contribution in [0.2, 0.25) is 0 Å². The predicted octanol–water partition coefficient (Wildman–Crippen LogP) is -0.479. The summed E-state index contributed by atoms with van der Waals surface area (Å²) in [5.74, 6) is -0.00639. The molecular weight excluding hydrogens is 130 g/mol. The second-order valence-electron chi connectivity index (χ2n) is 2.09. The van der Waals surface area contributed by atoms with E-state index in [0.717, 1.165) is 5.46 Å². The van der Waals surface area contributed by atoms with Gasteiger partial charge in [-0.1, -0.05) is 5.46 Å². The van der Waals surface area contributed by atoms with Gasteiger partial charge in [-0.05, 0) is 6.07 Å². The lowest BCUT2D eigenvalue weighted by atomic mass is 9.99. The molecule has 0 aliphatic heterocycles. The molecule has 52 valence electrons. The zero-order valence-electron chi connectivity index (χ0n) is 5.98. The highest BCUT2D eigenvalue weighted by atomic mass is 19.1. The van der Waals surface area contributed by atoms with Gasteiger partial charge in [0.25, 0.3) is 0 Å². The van der Waals surface area contributed by atoms with Crippen LogP contribution in [0.1, 0.15) is 0 Å². The molecule has 0 radical (unpaired) electrons. The number of nitrogens with one attached hydrogen (secondary N) is 1. The number of hydrogen-bond donors (Lipinski definition) is 1. The van der Waals surface area contributed by atoms with Crippen LogP contribution in [0.3, 0.4) is 0 Å². The minimum Gasteiger partial charge on any atom is -0.371 e. The molecule has 0 aliphatic rings. The Bertz CT molecular complexity index is 239. The van der Waals surface area contributed by atoms with Gasteiger partial charge in [-0.25, -0.2) is 9.37 Å². The summed E-state index contributed by atoms with van der Waals surface area (Å²) in [7, 11) is 3.44. The van der Waals surface area contributed by atoms with Crippen molar-refractivity contribution < 1.29 is 4.39 Å². The van der Waals surface area contributed by atoms with Crippen LogP contribution in [0.4, 0.5) is 10.2 Å². The number of aromatic nitrogens is 1. The molecule has 1 heterocycles. The molecule has 0 spiro atoms. The molecule has 1 rings (SSSR count). The van der Waals surface area contributed by atoms with Crippen molar-refractivity contribution in [3.05, 3.63) is 18.1 Å². The highest BCUT2D eigenvalue weighted by Crippen LogP contribution is 2.04. The van der Waals surface area contributed by atoms with Crippen molar-refractivity contribution >= 4 is 19.1 Å². The summed E-state index contributed by atoms with van der Waals surface area (Å²) in [4.78, 5) is 3.81. The first-order chi connectivity index (χ1) is 4.74. The Morgan fingerprint density at radius 1 is 1.70 bits per heavy atom. The third-order valence-corrected chi connectivity index (χ3v) is 1.21.